The summed E-state index contributed by atoms with van der Waals surface area (Å²) >= 11 is 0. The maximum atomic E-state index is 12.2. The molecule has 0 aromatic carbocycles. The second kappa shape index (κ2) is 5.17. The predicted octanol–water partition coefficient (Wildman–Crippen LogP) is 5.19. The molecule has 134 valence electrons. The lowest BCUT2D eigenvalue weighted by molar-refractivity contribution is -0.164. The van der Waals surface area contributed by atoms with Gasteiger partial charge in [-0.2, -0.15) is 0 Å². The van der Waals surface area contributed by atoms with Gasteiger partial charge < -0.3 is 0 Å². The van der Waals surface area contributed by atoms with Crippen molar-refractivity contribution < 1.29 is 9.59 Å². The van der Waals surface area contributed by atoms with Crippen LogP contribution in [0.4, 0.5) is 0 Å². The van der Waals surface area contributed by atoms with Crippen LogP contribution in [0.5, 0.6) is 0 Å². The minimum atomic E-state index is 0.218. The van der Waals surface area contributed by atoms with Crippen molar-refractivity contribution >= 4 is 11.6 Å². The molecule has 3 unspecified atom stereocenters. The fourth-order valence-corrected chi connectivity index (χ4v) is 8.07. The van der Waals surface area contributed by atoms with Crippen LogP contribution in [0.1, 0.15) is 85.5 Å². The quantitative estimate of drug-likeness (QED) is 0.662. The zero-order valence-electron chi connectivity index (χ0n) is 16.0. The van der Waals surface area contributed by atoms with Crippen LogP contribution >= 0.6 is 0 Å². The molecule has 0 radical (unpaired) electrons. The highest BCUT2D eigenvalue weighted by atomic mass is 16.1. The number of hydrogen-bond donors (Lipinski definition) is 0. The van der Waals surface area contributed by atoms with Crippen molar-refractivity contribution in [1.29, 1.82) is 0 Å². The molecule has 4 saturated carbocycles. The summed E-state index contributed by atoms with van der Waals surface area (Å²) < 4.78 is 0. The summed E-state index contributed by atoms with van der Waals surface area (Å²) in [4.78, 5) is 24.3. The Balaban J connectivity index is 1.66. The first-order valence-electron chi connectivity index (χ1n) is 10.2. The molecule has 0 bridgehead atoms. The van der Waals surface area contributed by atoms with Gasteiger partial charge in [0.2, 0.25) is 0 Å². The van der Waals surface area contributed by atoms with Crippen LogP contribution in [0.3, 0.4) is 0 Å². The zero-order valence-corrected chi connectivity index (χ0v) is 16.0. The SMILES string of the molecule is CC(=O)[C@H]1CCC2C3CC[C@@]4(C)CC(=O)CC[C@]4(C)C3CC[C@@]21C. The number of carbonyl (C=O) groups excluding carboxylic acids is 2. The summed E-state index contributed by atoms with van der Waals surface area (Å²) in [5.74, 6) is 3.52. The number of ketones is 2. The fraction of sp³-hybridized carbons (Fsp3) is 0.909. The van der Waals surface area contributed by atoms with Gasteiger partial charge in [0.15, 0.2) is 0 Å². The van der Waals surface area contributed by atoms with Gasteiger partial charge >= 0.3 is 0 Å². The molecule has 7 atom stereocenters. The molecule has 0 aromatic rings. The number of Topliss-reactive ketones (excluding diaryl/α,β-unsaturated/α-hetero) is 2. The van der Waals surface area contributed by atoms with E-state index in [1.54, 1.807) is 0 Å². The summed E-state index contributed by atoms with van der Waals surface area (Å²) in [7, 11) is 0. The number of carbonyl (C=O) groups is 2. The molecule has 0 N–H and O–H groups in total. The smallest absolute Gasteiger partial charge is 0.133 e. The molecular weight excluding hydrogens is 296 g/mol. The Kier molecular flexibility index (Phi) is 3.62. The van der Waals surface area contributed by atoms with E-state index < -0.39 is 0 Å². The van der Waals surface area contributed by atoms with E-state index in [2.05, 4.69) is 20.8 Å². The molecule has 0 amide bonds. The third-order valence-electron chi connectivity index (χ3n) is 9.66. The van der Waals surface area contributed by atoms with Crippen LogP contribution < -0.4 is 0 Å². The molecular formula is C22H34O2. The molecule has 0 spiro atoms. The summed E-state index contributed by atoms with van der Waals surface area (Å²) in [5.41, 5.74) is 0.802. The number of fused-ring (bicyclic) bond motifs is 5. The van der Waals surface area contributed by atoms with Gasteiger partial charge in [-0.15, -0.1) is 0 Å². The topological polar surface area (TPSA) is 34.1 Å². The van der Waals surface area contributed by atoms with Crippen molar-refractivity contribution in [2.24, 2.45) is 39.9 Å². The monoisotopic (exact) mass is 330 g/mol. The van der Waals surface area contributed by atoms with E-state index >= 15 is 0 Å². The second-order valence-electron chi connectivity index (χ2n) is 10.4. The Morgan fingerprint density at radius 2 is 1.71 bits per heavy atom. The normalized spacial score (nSPS) is 53.9. The van der Waals surface area contributed by atoms with Gasteiger partial charge in [0.25, 0.3) is 0 Å². The molecule has 0 aliphatic heterocycles. The summed E-state index contributed by atoms with van der Waals surface area (Å²) in [5, 5.41) is 0. The molecule has 2 nitrogen and oxygen atoms in total. The van der Waals surface area contributed by atoms with Gasteiger partial charge in [0.05, 0.1) is 0 Å². The van der Waals surface area contributed by atoms with Gasteiger partial charge in [-0.1, -0.05) is 20.8 Å². The minimum Gasteiger partial charge on any atom is -0.300 e. The van der Waals surface area contributed by atoms with E-state index in [0.29, 0.717) is 22.9 Å². The number of rotatable bonds is 1. The lowest BCUT2D eigenvalue weighted by Crippen LogP contribution is -2.57. The Labute approximate surface area is 147 Å². The van der Waals surface area contributed by atoms with Crippen molar-refractivity contribution in [3.8, 4) is 0 Å². The summed E-state index contributed by atoms with van der Waals surface area (Å²) in [6.07, 6.45) is 10.1. The molecule has 0 aromatic heterocycles. The van der Waals surface area contributed by atoms with Gasteiger partial charge in [-0.3, -0.25) is 9.59 Å². The van der Waals surface area contributed by atoms with Crippen LogP contribution in [0.15, 0.2) is 0 Å². The molecule has 0 saturated heterocycles. The second-order valence-corrected chi connectivity index (χ2v) is 10.4. The van der Waals surface area contributed by atoms with Gasteiger partial charge in [-0.25, -0.2) is 0 Å². The van der Waals surface area contributed by atoms with Crippen LogP contribution in [0.25, 0.3) is 0 Å². The third kappa shape index (κ3) is 2.01. The highest BCUT2D eigenvalue weighted by Crippen LogP contribution is 2.70. The Morgan fingerprint density at radius 3 is 2.42 bits per heavy atom. The van der Waals surface area contributed by atoms with E-state index in [0.717, 1.165) is 43.4 Å². The summed E-state index contributed by atoms with van der Waals surface area (Å²) in [6, 6.07) is 0. The first kappa shape index (κ1) is 16.8. The van der Waals surface area contributed by atoms with Gasteiger partial charge in [-0.05, 0) is 85.9 Å². The van der Waals surface area contributed by atoms with Crippen LogP contribution in [0.2, 0.25) is 0 Å². The van der Waals surface area contributed by atoms with E-state index in [9.17, 15) is 9.59 Å². The molecule has 4 fully saturated rings. The van der Waals surface area contributed by atoms with Crippen molar-refractivity contribution in [1.82, 2.24) is 0 Å². The highest BCUT2D eigenvalue weighted by molar-refractivity contribution is 5.80. The van der Waals surface area contributed by atoms with E-state index in [-0.39, 0.29) is 10.8 Å². The maximum Gasteiger partial charge on any atom is 0.133 e. The molecule has 24 heavy (non-hydrogen) atoms. The molecule has 0 heterocycles. The largest absolute Gasteiger partial charge is 0.300 e. The Morgan fingerprint density at radius 1 is 0.958 bits per heavy atom. The average molecular weight is 331 g/mol. The maximum absolute atomic E-state index is 12.2. The van der Waals surface area contributed by atoms with E-state index in [1.807, 2.05) is 6.92 Å². The fourth-order valence-electron chi connectivity index (χ4n) is 8.07. The summed E-state index contributed by atoms with van der Waals surface area (Å²) in [6.45, 7) is 9.15. The Bertz CT molecular complexity index is 581. The molecule has 4 aliphatic carbocycles. The van der Waals surface area contributed by atoms with Gasteiger partial charge in [0.1, 0.15) is 11.6 Å². The van der Waals surface area contributed by atoms with E-state index in [4.69, 9.17) is 0 Å². The van der Waals surface area contributed by atoms with Crippen LogP contribution in [0, 0.1) is 39.9 Å². The van der Waals surface area contributed by atoms with Crippen LogP contribution in [-0.2, 0) is 9.59 Å². The molecule has 4 rings (SSSR count). The minimum absolute atomic E-state index is 0.218. The molecule has 2 heteroatoms. The average Bonchev–Trinajstić information content (AvgIpc) is 2.86. The molecule has 4 aliphatic rings. The third-order valence-corrected chi connectivity index (χ3v) is 9.66. The number of hydrogen-bond acceptors (Lipinski definition) is 2. The van der Waals surface area contributed by atoms with Crippen LogP contribution in [-0.4, -0.2) is 11.6 Å². The first-order valence-corrected chi connectivity index (χ1v) is 10.2. The zero-order chi connectivity index (χ0) is 17.3. The standard InChI is InChI=1S/C22H34O2/c1-14(23)17-5-6-18-16-8-10-20(2)13-15(24)7-12-22(20,4)19(16)9-11-21(17,18)3/h16-19H,5-13H2,1-4H3/t16?,17-,18?,19?,20+,21-,22-/m1/s1. The van der Waals surface area contributed by atoms with Crippen molar-refractivity contribution in [2.75, 3.05) is 0 Å². The van der Waals surface area contributed by atoms with E-state index in [1.165, 1.54) is 32.1 Å². The van der Waals surface area contributed by atoms with Gasteiger partial charge in [0, 0.05) is 18.8 Å². The lowest BCUT2D eigenvalue weighted by atomic mass is 9.40. The lowest BCUT2D eigenvalue weighted by Gasteiger charge is -2.64. The van der Waals surface area contributed by atoms with Crippen molar-refractivity contribution in [2.45, 2.75) is 85.5 Å². The van der Waals surface area contributed by atoms with Crippen molar-refractivity contribution in [3.05, 3.63) is 0 Å². The first-order chi connectivity index (χ1) is 11.2. The van der Waals surface area contributed by atoms with Crippen molar-refractivity contribution in [3.63, 3.8) is 0 Å². The highest BCUT2D eigenvalue weighted by Gasteiger charge is 2.63. The predicted molar refractivity (Wildman–Crippen MR) is 95.5 cm³/mol. The Hall–Kier alpha value is -0.660.